The number of hydrogen-bond donors (Lipinski definition) is 0. The van der Waals surface area contributed by atoms with Crippen LogP contribution in [0.25, 0.3) is 0 Å². The zero-order valence-electron chi connectivity index (χ0n) is 16.0. The second-order valence-electron chi connectivity index (χ2n) is 9.56. The van der Waals surface area contributed by atoms with Crippen molar-refractivity contribution in [2.75, 3.05) is 0 Å². The summed E-state index contributed by atoms with van der Waals surface area (Å²) in [5, 5.41) is 0. The Morgan fingerprint density at radius 3 is 2.54 bits per heavy atom. The summed E-state index contributed by atoms with van der Waals surface area (Å²) in [6, 6.07) is 0. The van der Waals surface area contributed by atoms with Crippen molar-refractivity contribution >= 4 is 27.5 Å². The highest BCUT2D eigenvalue weighted by Gasteiger charge is 2.65. The minimum Gasteiger partial charge on any atom is -0.296 e. The van der Waals surface area contributed by atoms with Gasteiger partial charge in [-0.25, -0.2) is 4.39 Å². The van der Waals surface area contributed by atoms with Crippen LogP contribution < -0.4 is 0 Å². The Balaban J connectivity index is 1.85. The van der Waals surface area contributed by atoms with Crippen LogP contribution in [0, 0.1) is 40.4 Å². The zero-order chi connectivity index (χ0) is 19.2. The molecule has 3 fully saturated rings. The summed E-state index contributed by atoms with van der Waals surface area (Å²) < 4.78 is 14.4. The van der Waals surface area contributed by atoms with Crippen molar-refractivity contribution in [3.05, 3.63) is 23.8 Å². The molecule has 0 N–H and O–H groups in total. The van der Waals surface area contributed by atoms with Crippen LogP contribution in [0.2, 0.25) is 0 Å². The second kappa shape index (κ2) is 5.62. The van der Waals surface area contributed by atoms with Crippen LogP contribution in [-0.2, 0) is 9.59 Å². The first kappa shape index (κ1) is 18.6. The molecule has 0 saturated heterocycles. The van der Waals surface area contributed by atoms with Gasteiger partial charge in [-0.1, -0.05) is 50.2 Å². The van der Waals surface area contributed by atoms with Crippen LogP contribution in [0.3, 0.4) is 0 Å². The van der Waals surface area contributed by atoms with Gasteiger partial charge in [0.2, 0.25) is 0 Å². The molecule has 0 aliphatic heterocycles. The van der Waals surface area contributed by atoms with E-state index < -0.39 is 11.6 Å². The lowest BCUT2D eigenvalue weighted by molar-refractivity contribution is -0.136. The van der Waals surface area contributed by atoms with E-state index in [1.165, 1.54) is 0 Å². The monoisotopic (exact) mass is 422 g/mol. The number of carbonyl (C=O) groups is 2. The second-order valence-corrected chi connectivity index (χ2v) is 10.5. The minimum absolute atomic E-state index is 0.0764. The van der Waals surface area contributed by atoms with Crippen LogP contribution >= 0.6 is 15.9 Å². The third-order valence-corrected chi connectivity index (χ3v) is 10.0. The van der Waals surface area contributed by atoms with Gasteiger partial charge in [0.05, 0.1) is 4.83 Å². The van der Waals surface area contributed by atoms with Gasteiger partial charge in [-0.15, -0.1) is 0 Å². The van der Waals surface area contributed by atoms with Gasteiger partial charge < -0.3 is 0 Å². The molecule has 4 rings (SSSR count). The van der Waals surface area contributed by atoms with E-state index in [1.54, 1.807) is 6.08 Å². The van der Waals surface area contributed by atoms with Gasteiger partial charge in [0, 0.05) is 10.8 Å². The summed E-state index contributed by atoms with van der Waals surface area (Å²) in [6.07, 6.45) is 2.52. The minimum atomic E-state index is -1.32. The van der Waals surface area contributed by atoms with Crippen molar-refractivity contribution in [3.8, 4) is 0 Å². The SMILES string of the molecule is C=C1C2=CC(=O)C(Br)C(C)[C@]2(C)[C@@H]2CC[C@]3(C)C(=O)C(F)C[C@H]3[C@@H]2C1C. The lowest BCUT2D eigenvalue weighted by Gasteiger charge is -2.61. The zero-order valence-corrected chi connectivity index (χ0v) is 17.6. The molecule has 4 aliphatic rings. The van der Waals surface area contributed by atoms with Crippen molar-refractivity contribution in [1.29, 1.82) is 0 Å². The number of fused-ring (bicyclic) bond motifs is 5. The number of allylic oxidation sites excluding steroid dienone is 2. The van der Waals surface area contributed by atoms with Crippen LogP contribution in [-0.4, -0.2) is 22.6 Å². The predicted molar refractivity (Wildman–Crippen MR) is 104 cm³/mol. The highest BCUT2D eigenvalue weighted by Crippen LogP contribution is 2.68. The van der Waals surface area contributed by atoms with Gasteiger partial charge in [0.15, 0.2) is 17.7 Å². The van der Waals surface area contributed by atoms with Crippen LogP contribution in [0.4, 0.5) is 4.39 Å². The largest absolute Gasteiger partial charge is 0.296 e. The first-order valence-corrected chi connectivity index (χ1v) is 10.7. The molecular weight excluding hydrogens is 395 g/mol. The Hall–Kier alpha value is -0.770. The van der Waals surface area contributed by atoms with Gasteiger partial charge >= 0.3 is 0 Å². The molecule has 26 heavy (non-hydrogen) atoms. The van der Waals surface area contributed by atoms with Crippen molar-refractivity contribution in [1.82, 2.24) is 0 Å². The fraction of sp³-hybridized carbons (Fsp3) is 0.727. The average molecular weight is 423 g/mol. The van der Waals surface area contributed by atoms with Gasteiger partial charge in [-0.2, -0.15) is 0 Å². The average Bonchev–Trinajstić information content (AvgIpc) is 2.83. The summed E-state index contributed by atoms with van der Waals surface area (Å²) in [5.41, 5.74) is 1.43. The normalized spacial score (nSPS) is 53.7. The number of rotatable bonds is 0. The van der Waals surface area contributed by atoms with E-state index in [0.29, 0.717) is 12.3 Å². The Morgan fingerprint density at radius 1 is 1.23 bits per heavy atom. The number of Topliss-reactive ketones (excluding diaryl/α,β-unsaturated/α-hetero) is 1. The molecule has 142 valence electrons. The van der Waals surface area contributed by atoms with Gasteiger partial charge in [0.25, 0.3) is 0 Å². The van der Waals surface area contributed by atoms with Crippen LogP contribution in [0.15, 0.2) is 23.8 Å². The Morgan fingerprint density at radius 2 is 1.88 bits per heavy atom. The molecule has 9 atom stereocenters. The molecule has 0 aromatic carbocycles. The third kappa shape index (κ3) is 2.03. The third-order valence-electron chi connectivity index (χ3n) is 8.80. The maximum Gasteiger partial charge on any atom is 0.173 e. The standard InChI is InChI=1S/C22H28BrFO2/c1-10-11(2)18-13(6-7-21(4)15(18)8-16(24)20(21)26)22(5)12(3)19(23)17(25)9-14(10)22/h9,11-13,15-16,18-19H,1,6-8H2,2-5H3/t11?,12?,13-,15+,16?,18-,19?,21+,22-/m1/s1. The molecule has 0 radical (unpaired) electrons. The Labute approximate surface area is 163 Å². The number of halogens is 2. The maximum absolute atomic E-state index is 14.4. The summed E-state index contributed by atoms with van der Waals surface area (Å²) in [7, 11) is 0. The van der Waals surface area contributed by atoms with E-state index >= 15 is 0 Å². The molecule has 0 aromatic heterocycles. The summed E-state index contributed by atoms with van der Waals surface area (Å²) in [6.45, 7) is 12.9. The van der Waals surface area contributed by atoms with E-state index in [9.17, 15) is 14.0 Å². The van der Waals surface area contributed by atoms with Crippen molar-refractivity contribution in [2.24, 2.45) is 40.4 Å². The summed E-state index contributed by atoms with van der Waals surface area (Å²) in [4.78, 5) is 24.9. The highest BCUT2D eigenvalue weighted by atomic mass is 79.9. The first-order valence-electron chi connectivity index (χ1n) is 9.82. The van der Waals surface area contributed by atoms with Gasteiger partial charge in [-0.05, 0) is 66.1 Å². The fourth-order valence-corrected chi connectivity index (χ4v) is 7.65. The lowest BCUT2D eigenvalue weighted by Crippen LogP contribution is -2.57. The maximum atomic E-state index is 14.4. The van der Waals surface area contributed by atoms with Crippen LogP contribution in [0.1, 0.15) is 47.0 Å². The predicted octanol–water partition coefficient (Wildman–Crippen LogP) is 5.07. The van der Waals surface area contributed by atoms with Gasteiger partial charge in [-0.3, -0.25) is 9.59 Å². The van der Waals surface area contributed by atoms with Crippen LogP contribution in [0.5, 0.6) is 0 Å². The van der Waals surface area contributed by atoms with E-state index in [0.717, 1.165) is 24.0 Å². The topological polar surface area (TPSA) is 34.1 Å². The number of ketones is 2. The number of carbonyl (C=O) groups excluding carboxylic acids is 2. The number of hydrogen-bond acceptors (Lipinski definition) is 2. The summed E-state index contributed by atoms with van der Waals surface area (Å²) in [5.74, 6) is 0.945. The van der Waals surface area contributed by atoms with Gasteiger partial charge in [0.1, 0.15) is 0 Å². The van der Waals surface area contributed by atoms with E-state index in [1.807, 2.05) is 6.92 Å². The van der Waals surface area contributed by atoms with Crippen molar-refractivity contribution in [2.45, 2.75) is 58.0 Å². The summed E-state index contributed by atoms with van der Waals surface area (Å²) >= 11 is 3.62. The number of alkyl halides is 2. The molecule has 0 amide bonds. The van der Waals surface area contributed by atoms with E-state index in [2.05, 4.69) is 43.3 Å². The molecule has 4 unspecified atom stereocenters. The van der Waals surface area contributed by atoms with Crippen molar-refractivity contribution in [3.63, 3.8) is 0 Å². The molecule has 4 aliphatic carbocycles. The highest BCUT2D eigenvalue weighted by molar-refractivity contribution is 9.10. The first-order chi connectivity index (χ1) is 12.0. The van der Waals surface area contributed by atoms with E-state index in [-0.39, 0.29) is 45.5 Å². The molecular formula is C22H28BrFO2. The Kier molecular flexibility index (Phi) is 4.02. The molecule has 0 bridgehead atoms. The molecule has 0 spiro atoms. The molecule has 0 aromatic rings. The quantitative estimate of drug-likeness (QED) is 0.510. The molecule has 4 heteroatoms. The Bertz CT molecular complexity index is 742. The lowest BCUT2D eigenvalue weighted by atomic mass is 9.42. The van der Waals surface area contributed by atoms with E-state index in [4.69, 9.17) is 0 Å². The smallest absolute Gasteiger partial charge is 0.173 e. The van der Waals surface area contributed by atoms with Crippen molar-refractivity contribution < 1.29 is 14.0 Å². The molecule has 0 heterocycles. The molecule has 2 nitrogen and oxygen atoms in total. The molecule has 3 saturated carbocycles. The fourth-order valence-electron chi connectivity index (χ4n) is 6.97.